The summed E-state index contributed by atoms with van der Waals surface area (Å²) in [5, 5.41) is 10.8. The van der Waals surface area contributed by atoms with E-state index < -0.39 is 23.7 Å². The molecule has 0 aliphatic heterocycles. The quantitative estimate of drug-likeness (QED) is 0.658. The Bertz CT molecular complexity index is 241. The summed E-state index contributed by atoms with van der Waals surface area (Å²) in [6.45, 7) is 2.11. The molecule has 0 saturated carbocycles. The molecule has 0 aliphatic rings. The van der Waals surface area contributed by atoms with E-state index in [0.29, 0.717) is 13.3 Å². The van der Waals surface area contributed by atoms with E-state index in [1.807, 2.05) is 0 Å². The Hall–Kier alpha value is -0.820. The van der Waals surface area contributed by atoms with Gasteiger partial charge in [-0.2, -0.15) is 13.2 Å². The minimum absolute atomic E-state index is 0.202. The SMILES string of the molecule is CCC(CCO)NC(=O)C(C)(N)C(F)(F)F. The molecular formula is C9H17F3N2O2. The van der Waals surface area contributed by atoms with Crippen molar-refractivity contribution in [2.24, 2.45) is 5.73 Å². The minimum atomic E-state index is -4.80. The first-order valence-corrected chi connectivity index (χ1v) is 4.94. The summed E-state index contributed by atoms with van der Waals surface area (Å²) in [6.07, 6.45) is -4.16. The van der Waals surface area contributed by atoms with Gasteiger partial charge < -0.3 is 16.2 Å². The van der Waals surface area contributed by atoms with Crippen LogP contribution in [0.5, 0.6) is 0 Å². The lowest BCUT2D eigenvalue weighted by Crippen LogP contribution is -2.62. The first-order chi connectivity index (χ1) is 7.16. The number of rotatable bonds is 5. The van der Waals surface area contributed by atoms with Gasteiger partial charge in [-0.3, -0.25) is 4.79 Å². The van der Waals surface area contributed by atoms with Crippen molar-refractivity contribution < 1.29 is 23.1 Å². The second-order valence-corrected chi connectivity index (χ2v) is 3.79. The van der Waals surface area contributed by atoms with Crippen LogP contribution in [0.4, 0.5) is 13.2 Å². The van der Waals surface area contributed by atoms with E-state index in [1.165, 1.54) is 0 Å². The topological polar surface area (TPSA) is 75.3 Å². The van der Waals surface area contributed by atoms with Gasteiger partial charge in [-0.25, -0.2) is 0 Å². The number of carbonyl (C=O) groups excluding carboxylic acids is 1. The molecule has 0 aromatic heterocycles. The first kappa shape index (κ1) is 15.2. The van der Waals surface area contributed by atoms with E-state index in [1.54, 1.807) is 6.92 Å². The van der Waals surface area contributed by atoms with Crippen molar-refractivity contribution in [2.75, 3.05) is 6.61 Å². The lowest BCUT2D eigenvalue weighted by Gasteiger charge is -2.28. The fraction of sp³-hybridized carbons (Fsp3) is 0.889. The Balaban J connectivity index is 4.56. The van der Waals surface area contributed by atoms with Crippen LogP contribution < -0.4 is 11.1 Å². The Morgan fingerprint density at radius 2 is 2.00 bits per heavy atom. The highest BCUT2D eigenvalue weighted by Gasteiger charge is 2.54. The van der Waals surface area contributed by atoms with Gasteiger partial charge in [0.15, 0.2) is 5.54 Å². The summed E-state index contributed by atoms with van der Waals surface area (Å²) in [5.74, 6) is -1.28. The van der Waals surface area contributed by atoms with Gasteiger partial charge in [-0.1, -0.05) is 6.92 Å². The number of aliphatic hydroxyl groups is 1. The normalized spacial score (nSPS) is 17.7. The third-order valence-corrected chi connectivity index (χ3v) is 2.37. The summed E-state index contributed by atoms with van der Waals surface area (Å²) in [7, 11) is 0. The molecule has 0 aliphatic carbocycles. The maximum absolute atomic E-state index is 12.4. The van der Waals surface area contributed by atoms with E-state index in [4.69, 9.17) is 10.8 Å². The van der Waals surface area contributed by atoms with Crippen LogP contribution in [-0.2, 0) is 4.79 Å². The van der Waals surface area contributed by atoms with Crippen LogP contribution in [0.3, 0.4) is 0 Å². The molecule has 1 amide bonds. The van der Waals surface area contributed by atoms with Crippen molar-refractivity contribution in [1.82, 2.24) is 5.32 Å². The molecule has 0 radical (unpaired) electrons. The zero-order valence-electron chi connectivity index (χ0n) is 9.27. The largest absolute Gasteiger partial charge is 0.415 e. The van der Waals surface area contributed by atoms with Crippen LogP contribution in [0.25, 0.3) is 0 Å². The van der Waals surface area contributed by atoms with E-state index in [-0.39, 0.29) is 13.0 Å². The summed E-state index contributed by atoms with van der Waals surface area (Å²) < 4.78 is 37.2. The molecule has 0 saturated heterocycles. The van der Waals surface area contributed by atoms with Crippen molar-refractivity contribution in [2.45, 2.75) is 44.4 Å². The zero-order chi connectivity index (χ0) is 13.0. The third kappa shape index (κ3) is 3.64. The predicted molar refractivity (Wildman–Crippen MR) is 52.6 cm³/mol. The van der Waals surface area contributed by atoms with Gasteiger partial charge in [0.25, 0.3) is 0 Å². The summed E-state index contributed by atoms with van der Waals surface area (Å²) in [6, 6.07) is -0.497. The second kappa shape index (κ2) is 5.49. The lowest BCUT2D eigenvalue weighted by molar-refractivity contribution is -0.187. The van der Waals surface area contributed by atoms with E-state index in [9.17, 15) is 18.0 Å². The number of nitrogens with two attached hydrogens (primary N) is 1. The molecule has 0 aromatic carbocycles. The number of amides is 1. The summed E-state index contributed by atoms with van der Waals surface area (Å²) in [5.41, 5.74) is 2.03. The smallest absolute Gasteiger partial charge is 0.396 e. The predicted octanol–water partition coefficient (Wildman–Crippen LogP) is 0.543. The molecule has 2 atom stereocenters. The van der Waals surface area contributed by atoms with Crippen LogP contribution in [-0.4, -0.2) is 35.4 Å². The van der Waals surface area contributed by atoms with Crippen LogP contribution in [0.2, 0.25) is 0 Å². The number of alkyl halides is 3. The highest BCUT2D eigenvalue weighted by Crippen LogP contribution is 2.28. The molecule has 4 N–H and O–H groups in total. The monoisotopic (exact) mass is 242 g/mol. The molecule has 2 unspecified atom stereocenters. The Kier molecular flexibility index (Phi) is 5.21. The standard InChI is InChI=1S/C9H17F3N2O2/c1-3-6(4-5-15)14-7(16)8(2,13)9(10,11)12/h6,15H,3-5,13H2,1-2H3,(H,14,16). The van der Waals surface area contributed by atoms with Crippen molar-refractivity contribution in [1.29, 1.82) is 0 Å². The Labute approximate surface area is 92.0 Å². The average molecular weight is 242 g/mol. The maximum Gasteiger partial charge on any atom is 0.415 e. The van der Waals surface area contributed by atoms with E-state index >= 15 is 0 Å². The van der Waals surface area contributed by atoms with Crippen molar-refractivity contribution in [3.05, 3.63) is 0 Å². The average Bonchev–Trinajstić information content (AvgIpc) is 2.15. The molecular weight excluding hydrogens is 225 g/mol. The summed E-state index contributed by atoms with van der Waals surface area (Å²) in [4.78, 5) is 11.3. The van der Waals surface area contributed by atoms with Gasteiger partial charge in [-0.05, 0) is 19.8 Å². The van der Waals surface area contributed by atoms with E-state index in [2.05, 4.69) is 5.32 Å². The lowest BCUT2D eigenvalue weighted by atomic mass is 10.0. The second-order valence-electron chi connectivity index (χ2n) is 3.79. The minimum Gasteiger partial charge on any atom is -0.396 e. The third-order valence-electron chi connectivity index (χ3n) is 2.37. The van der Waals surface area contributed by atoms with Gasteiger partial charge in [0, 0.05) is 12.6 Å². The van der Waals surface area contributed by atoms with Gasteiger partial charge in [-0.15, -0.1) is 0 Å². The Morgan fingerprint density at radius 3 is 2.31 bits per heavy atom. The molecule has 0 aromatic rings. The molecule has 0 heterocycles. The van der Waals surface area contributed by atoms with Crippen LogP contribution >= 0.6 is 0 Å². The molecule has 0 fully saturated rings. The van der Waals surface area contributed by atoms with Crippen molar-refractivity contribution >= 4 is 5.91 Å². The highest BCUT2D eigenvalue weighted by atomic mass is 19.4. The van der Waals surface area contributed by atoms with E-state index in [0.717, 1.165) is 0 Å². The first-order valence-electron chi connectivity index (χ1n) is 4.94. The van der Waals surface area contributed by atoms with Crippen LogP contribution in [0.15, 0.2) is 0 Å². The van der Waals surface area contributed by atoms with Crippen molar-refractivity contribution in [3.63, 3.8) is 0 Å². The fourth-order valence-electron chi connectivity index (χ4n) is 0.998. The zero-order valence-corrected chi connectivity index (χ0v) is 9.27. The fourth-order valence-corrected chi connectivity index (χ4v) is 0.998. The van der Waals surface area contributed by atoms with Gasteiger partial charge in [0.2, 0.25) is 5.91 Å². The maximum atomic E-state index is 12.4. The number of hydrogen-bond donors (Lipinski definition) is 3. The van der Waals surface area contributed by atoms with Crippen LogP contribution in [0, 0.1) is 0 Å². The molecule has 16 heavy (non-hydrogen) atoms. The Morgan fingerprint density at radius 1 is 1.50 bits per heavy atom. The number of nitrogens with one attached hydrogen (secondary N) is 1. The summed E-state index contributed by atoms with van der Waals surface area (Å²) >= 11 is 0. The molecule has 96 valence electrons. The molecule has 4 nitrogen and oxygen atoms in total. The molecule has 0 rings (SSSR count). The van der Waals surface area contributed by atoms with Crippen LogP contribution in [0.1, 0.15) is 26.7 Å². The number of carbonyl (C=O) groups is 1. The van der Waals surface area contributed by atoms with Gasteiger partial charge in [0.05, 0.1) is 0 Å². The van der Waals surface area contributed by atoms with Gasteiger partial charge in [0.1, 0.15) is 0 Å². The molecule has 7 heteroatoms. The van der Waals surface area contributed by atoms with Crippen molar-refractivity contribution in [3.8, 4) is 0 Å². The molecule has 0 bridgehead atoms. The highest BCUT2D eigenvalue weighted by molar-refractivity contribution is 5.86. The number of halogens is 3. The molecule has 0 spiro atoms. The number of hydrogen-bond acceptors (Lipinski definition) is 3. The van der Waals surface area contributed by atoms with Gasteiger partial charge >= 0.3 is 6.18 Å². The number of aliphatic hydroxyl groups excluding tert-OH is 1.